The molecule has 430 valence electrons. The Hall–Kier alpha value is -7.02. The Morgan fingerprint density at radius 3 is 1.80 bits per heavy atom. The molecule has 80 heavy (non-hydrogen) atoms. The van der Waals surface area contributed by atoms with Crippen LogP contribution < -0.4 is 19.5 Å². The van der Waals surface area contributed by atoms with Crippen molar-refractivity contribution in [2.45, 2.75) is 111 Å². The number of aryl methyl sites for hydroxylation is 2. The van der Waals surface area contributed by atoms with Crippen LogP contribution in [0.4, 0.5) is 0 Å². The number of carbonyl (C=O) groups excluding carboxylic acids is 3. The number of aromatic nitrogens is 3. The number of H-pyrrole nitrogens is 2. The number of aromatic amines is 2. The Kier molecular flexibility index (Phi) is 22.7. The number of imidazole rings is 1. The molecule has 17 heteroatoms. The molecule has 4 aliphatic heterocycles. The molecule has 6 heterocycles. The number of benzene rings is 4. The topological polar surface area (TPSA) is 204 Å². The van der Waals surface area contributed by atoms with Crippen LogP contribution in [0.5, 0.6) is 23.0 Å². The molecule has 0 spiro atoms. The van der Waals surface area contributed by atoms with Crippen LogP contribution in [0.25, 0.3) is 0 Å². The molecular weight excluding hydrogens is 1010 g/mol. The zero-order chi connectivity index (χ0) is 57.1. The lowest BCUT2D eigenvalue weighted by molar-refractivity contribution is 0.0140. The van der Waals surface area contributed by atoms with Gasteiger partial charge in [-0.05, 0) is 161 Å². The van der Waals surface area contributed by atoms with E-state index >= 15 is 0 Å². The van der Waals surface area contributed by atoms with E-state index in [4.69, 9.17) is 28.8 Å². The predicted molar refractivity (Wildman–Crippen MR) is 309 cm³/mol. The summed E-state index contributed by atoms with van der Waals surface area (Å²) in [4.78, 5) is 52.2. The number of phenolic OH excluding ortho intramolecular Hbond substituents is 1. The van der Waals surface area contributed by atoms with Gasteiger partial charge in [-0.1, -0.05) is 24.3 Å². The second kappa shape index (κ2) is 30.0. The van der Waals surface area contributed by atoms with Gasteiger partial charge in [0.25, 0.3) is 11.8 Å². The van der Waals surface area contributed by atoms with Crippen molar-refractivity contribution in [2.75, 3.05) is 79.9 Å². The molecule has 0 aliphatic carbocycles. The first-order chi connectivity index (χ1) is 38.8. The van der Waals surface area contributed by atoms with Crippen LogP contribution in [0.1, 0.15) is 147 Å². The summed E-state index contributed by atoms with van der Waals surface area (Å²) in [5, 5.41) is 22.5. The number of phenols is 1. The number of fused-ring (bicyclic) bond motifs is 2. The van der Waals surface area contributed by atoms with Gasteiger partial charge in [-0.3, -0.25) is 19.3 Å². The molecule has 2 saturated heterocycles. The highest BCUT2D eigenvalue weighted by atomic mass is 16.5. The maximum absolute atomic E-state index is 13.0. The van der Waals surface area contributed by atoms with Gasteiger partial charge in [0.15, 0.2) is 29.3 Å². The lowest BCUT2D eigenvalue weighted by atomic mass is 9.87. The third kappa shape index (κ3) is 15.5. The Labute approximate surface area is 471 Å². The van der Waals surface area contributed by atoms with Crippen molar-refractivity contribution in [1.29, 1.82) is 0 Å². The Morgan fingerprint density at radius 2 is 1.30 bits per heavy atom. The van der Waals surface area contributed by atoms with Crippen molar-refractivity contribution >= 4 is 18.1 Å². The lowest BCUT2D eigenvalue weighted by Gasteiger charge is -2.38. The van der Waals surface area contributed by atoms with E-state index in [1.54, 1.807) is 32.8 Å². The maximum atomic E-state index is 13.0. The molecule has 0 bridgehead atoms. The van der Waals surface area contributed by atoms with Crippen LogP contribution in [0.2, 0.25) is 0 Å². The molecule has 0 radical (unpaired) electrons. The normalized spacial score (nSPS) is 17.1. The number of rotatable bonds is 15. The summed E-state index contributed by atoms with van der Waals surface area (Å²) in [6, 6.07) is 25.7. The van der Waals surface area contributed by atoms with Gasteiger partial charge < -0.3 is 59.0 Å². The Bertz CT molecular complexity index is 2900. The fourth-order valence-electron chi connectivity index (χ4n) is 10.5. The van der Waals surface area contributed by atoms with Crippen LogP contribution >= 0.6 is 0 Å². The number of amides is 2. The van der Waals surface area contributed by atoms with Crippen LogP contribution in [0.15, 0.2) is 91.4 Å². The number of nitrogens with zero attached hydrogens (tertiary/aromatic N) is 4. The molecule has 5 N–H and O–H groups in total. The van der Waals surface area contributed by atoms with E-state index in [1.165, 1.54) is 16.7 Å². The van der Waals surface area contributed by atoms with Gasteiger partial charge in [-0.2, -0.15) is 0 Å². The van der Waals surface area contributed by atoms with Gasteiger partial charge in [0.2, 0.25) is 0 Å². The fraction of sp³-hybridized carbons (Fsp3) is 0.460. The molecule has 6 aromatic rings. The summed E-state index contributed by atoms with van der Waals surface area (Å²) >= 11 is 0. The van der Waals surface area contributed by atoms with Gasteiger partial charge in [0, 0.05) is 94.9 Å². The van der Waals surface area contributed by atoms with E-state index in [2.05, 4.69) is 56.4 Å². The van der Waals surface area contributed by atoms with Crippen molar-refractivity contribution < 1.29 is 48.3 Å². The highest BCUT2D eigenvalue weighted by Crippen LogP contribution is 2.43. The standard InChI is InChI=1S/C31H40N4O4.C21H26N2O3.C6H7NO.C5H10O2/c1-5-34(6-2)31(36)23-9-7-22(8-10-23)30-26-18-29(39-25-12-15-38-16-13-25)28(37-4)17-24(26)11-14-35(30)19-27-21(3)32-20-33-27;1-4-23(5-2)21(25)15-8-6-14(7-9-15)20-17-13-18(24)19(26-3)12-16(17)10-11-22-20;1-5-2-3-7-6(5)4-8;6-5-1-3-7-4-2-5/h7-10,17-18,20,25,30H,5-6,11-16,19H2,1-4H3,(H,32,33);6-9,12-13,20,22,24H,4-5,10-11H2,1-3H3;2-4,7H,1H3;5-6H,1-4H2. The number of hydrogen-bond donors (Lipinski definition) is 5. The number of carbonyl (C=O) groups is 3. The second-order valence-corrected chi connectivity index (χ2v) is 20.3. The number of aldehydes is 1. The van der Waals surface area contributed by atoms with Crippen molar-refractivity contribution in [3.63, 3.8) is 0 Å². The van der Waals surface area contributed by atoms with E-state index in [0.717, 1.165) is 136 Å². The minimum atomic E-state index is -0.0891. The second-order valence-electron chi connectivity index (χ2n) is 20.3. The minimum Gasteiger partial charge on any atom is -0.504 e. The predicted octanol–water partition coefficient (Wildman–Crippen LogP) is 9.33. The number of ether oxygens (including phenoxy) is 5. The molecule has 17 nitrogen and oxygen atoms in total. The summed E-state index contributed by atoms with van der Waals surface area (Å²) in [6.07, 6.45) is 9.52. The smallest absolute Gasteiger partial charge is 0.253 e. The first-order valence-electron chi connectivity index (χ1n) is 28.3. The summed E-state index contributed by atoms with van der Waals surface area (Å²) in [5.74, 6) is 2.32. The van der Waals surface area contributed by atoms with Gasteiger partial charge >= 0.3 is 0 Å². The van der Waals surface area contributed by atoms with Crippen LogP contribution in [-0.2, 0) is 28.9 Å². The zero-order valence-corrected chi connectivity index (χ0v) is 48.0. The summed E-state index contributed by atoms with van der Waals surface area (Å²) in [6.45, 7) is 20.1. The van der Waals surface area contributed by atoms with E-state index in [0.29, 0.717) is 48.7 Å². The van der Waals surface area contributed by atoms with E-state index in [-0.39, 0.29) is 41.9 Å². The number of aromatic hydroxyl groups is 1. The molecule has 2 fully saturated rings. The SMILES string of the molecule is CCN(CC)C(=O)c1ccc(C2NCCc3cc(OC)c(O)cc32)cc1.CCN(CC)C(=O)c1ccc(C2c3cc(OC4CCOCC4)c(OC)cc3CCN2Cc2nc[nH]c2C)cc1.Cc1cc[nH]c1C=O.OC1CCOCC1. The van der Waals surface area contributed by atoms with Gasteiger partial charge in [-0.25, -0.2) is 4.98 Å². The number of aliphatic hydroxyl groups excluding tert-OH is 1. The van der Waals surface area contributed by atoms with Gasteiger partial charge in [0.1, 0.15) is 6.10 Å². The van der Waals surface area contributed by atoms with Gasteiger partial charge in [0.05, 0.1) is 63.3 Å². The summed E-state index contributed by atoms with van der Waals surface area (Å²) in [7, 11) is 3.27. The Balaban J connectivity index is 0.000000191. The first kappa shape index (κ1) is 60.6. The fourth-order valence-corrected chi connectivity index (χ4v) is 10.5. The molecule has 10 rings (SSSR count). The monoisotopic (exact) mass is 1100 g/mol. The third-order valence-electron chi connectivity index (χ3n) is 15.4. The van der Waals surface area contributed by atoms with Gasteiger partial charge in [-0.15, -0.1) is 0 Å². The summed E-state index contributed by atoms with van der Waals surface area (Å²) in [5.41, 5.74) is 12.1. The number of methoxy groups -OCH3 is 2. The van der Waals surface area contributed by atoms with E-state index in [9.17, 15) is 19.5 Å². The molecule has 2 unspecified atom stereocenters. The maximum Gasteiger partial charge on any atom is 0.253 e. The summed E-state index contributed by atoms with van der Waals surface area (Å²) < 4.78 is 28.0. The molecule has 2 aromatic heterocycles. The van der Waals surface area contributed by atoms with Crippen LogP contribution in [-0.4, -0.2) is 150 Å². The molecule has 4 aliphatic rings. The van der Waals surface area contributed by atoms with E-state index in [1.807, 2.05) is 92.9 Å². The van der Waals surface area contributed by atoms with Crippen LogP contribution in [0.3, 0.4) is 0 Å². The average Bonchev–Trinajstić information content (AvgIpc) is 4.13. The average molecular weight is 1100 g/mol. The van der Waals surface area contributed by atoms with Crippen molar-refractivity contribution in [1.82, 2.24) is 35.0 Å². The first-order valence-corrected chi connectivity index (χ1v) is 28.3. The number of nitrogens with one attached hydrogen (secondary N) is 3. The Morgan fingerprint density at radius 1 is 0.725 bits per heavy atom. The van der Waals surface area contributed by atoms with Crippen LogP contribution in [0, 0.1) is 13.8 Å². The van der Waals surface area contributed by atoms with E-state index < -0.39 is 0 Å². The molecule has 2 atom stereocenters. The molecule has 2 amide bonds. The van der Waals surface area contributed by atoms with Crippen molar-refractivity contribution in [3.05, 3.63) is 159 Å². The van der Waals surface area contributed by atoms with Crippen molar-refractivity contribution in [3.8, 4) is 23.0 Å². The number of hydrogen-bond acceptors (Lipinski definition) is 13. The lowest BCUT2D eigenvalue weighted by Crippen LogP contribution is -2.36. The molecule has 4 aromatic carbocycles. The highest BCUT2D eigenvalue weighted by Gasteiger charge is 2.33. The molecule has 0 saturated carbocycles. The van der Waals surface area contributed by atoms with Crippen molar-refractivity contribution in [2.24, 2.45) is 0 Å². The third-order valence-corrected chi connectivity index (χ3v) is 15.4. The number of aliphatic hydroxyl groups is 1. The minimum absolute atomic E-state index is 0.00633. The quantitative estimate of drug-likeness (QED) is 0.0609. The highest BCUT2D eigenvalue weighted by molar-refractivity contribution is 5.94. The zero-order valence-electron chi connectivity index (χ0n) is 48.0. The largest absolute Gasteiger partial charge is 0.504 e. The molecular formula is C63H83N7O10.